The molecule has 2 aliphatic rings. The number of fused-ring (bicyclic) bond motifs is 1. The quantitative estimate of drug-likeness (QED) is 0.227. The number of anilines is 3. The van der Waals surface area contributed by atoms with Crippen molar-refractivity contribution in [3.05, 3.63) is 70.8 Å². The van der Waals surface area contributed by atoms with Crippen molar-refractivity contribution in [2.75, 3.05) is 23.0 Å². The molecule has 1 aromatic carbocycles. The van der Waals surface area contributed by atoms with Crippen LogP contribution in [0.4, 0.5) is 17.2 Å². The van der Waals surface area contributed by atoms with Crippen molar-refractivity contribution >= 4 is 34.9 Å². The first-order chi connectivity index (χ1) is 20.0. The van der Waals surface area contributed by atoms with Gasteiger partial charge in [0.1, 0.15) is 11.5 Å². The van der Waals surface area contributed by atoms with Crippen LogP contribution in [-0.2, 0) is 20.9 Å². The predicted molar refractivity (Wildman–Crippen MR) is 151 cm³/mol. The lowest BCUT2D eigenvalue weighted by molar-refractivity contribution is -0.124. The number of carbonyl (C=O) groups is 3. The second-order valence-corrected chi connectivity index (χ2v) is 10.7. The van der Waals surface area contributed by atoms with E-state index in [9.17, 15) is 24.3 Å². The van der Waals surface area contributed by atoms with E-state index in [1.54, 1.807) is 31.2 Å². The van der Waals surface area contributed by atoms with Gasteiger partial charge in [-0.1, -0.05) is 19.1 Å². The summed E-state index contributed by atoms with van der Waals surface area (Å²) in [6.07, 6.45) is 3.69. The number of para-hydroxylation sites is 2. The zero-order valence-electron chi connectivity index (χ0n) is 23.1. The highest BCUT2D eigenvalue weighted by atomic mass is 16.5. The van der Waals surface area contributed by atoms with E-state index in [0.29, 0.717) is 23.7 Å². The van der Waals surface area contributed by atoms with Crippen LogP contribution in [0.15, 0.2) is 53.7 Å². The lowest BCUT2D eigenvalue weighted by Gasteiger charge is -2.34. The molecule has 5 rings (SSSR count). The van der Waals surface area contributed by atoms with Crippen molar-refractivity contribution in [2.45, 2.75) is 51.0 Å². The van der Waals surface area contributed by atoms with Gasteiger partial charge in [-0.25, -0.2) is 9.78 Å². The molecular formula is C28H32N8O6. The van der Waals surface area contributed by atoms with Gasteiger partial charge in [0.2, 0.25) is 11.8 Å². The number of ether oxygens (including phenoxy) is 1. The molecule has 3 heterocycles. The molecule has 1 saturated heterocycles. The zero-order chi connectivity index (χ0) is 30.0. The fraction of sp³-hybridized carbons (Fsp3) is 0.393. The molecule has 1 aliphatic carbocycles. The molecule has 42 heavy (non-hydrogen) atoms. The fourth-order valence-electron chi connectivity index (χ4n) is 5.01. The van der Waals surface area contributed by atoms with E-state index >= 15 is 0 Å². The second kappa shape index (κ2) is 11.7. The second-order valence-electron chi connectivity index (χ2n) is 10.7. The molecule has 5 unspecified atom stereocenters. The number of benzene rings is 1. The number of nitrogens with one attached hydrogen (secondary N) is 3. The van der Waals surface area contributed by atoms with Gasteiger partial charge in [0.05, 0.1) is 60.4 Å². The third kappa shape index (κ3) is 6.14. The van der Waals surface area contributed by atoms with Crippen LogP contribution in [0, 0.1) is 11.8 Å². The lowest BCUT2D eigenvalue weighted by atomic mass is 9.85. The molecule has 14 nitrogen and oxygen atoms in total. The van der Waals surface area contributed by atoms with E-state index in [1.165, 1.54) is 29.2 Å². The van der Waals surface area contributed by atoms with Crippen LogP contribution in [0.25, 0.3) is 0 Å². The van der Waals surface area contributed by atoms with Crippen molar-refractivity contribution in [3.63, 3.8) is 0 Å². The number of amides is 3. The van der Waals surface area contributed by atoms with Crippen molar-refractivity contribution in [1.82, 2.24) is 24.8 Å². The topological polar surface area (TPSA) is 203 Å². The Kier molecular flexibility index (Phi) is 8.00. The Bertz CT molecular complexity index is 1560. The number of aliphatic hydroxyl groups is 1. The average molecular weight is 577 g/mol. The van der Waals surface area contributed by atoms with Crippen LogP contribution < -0.4 is 27.4 Å². The minimum absolute atomic E-state index is 0.0549. The number of nitrogens with zero attached hydrogens (tertiary/aromatic N) is 4. The molecule has 0 bridgehead atoms. The Morgan fingerprint density at radius 2 is 1.88 bits per heavy atom. The summed E-state index contributed by atoms with van der Waals surface area (Å²) >= 11 is 0. The van der Waals surface area contributed by atoms with Gasteiger partial charge in [0, 0.05) is 30.9 Å². The highest BCUT2D eigenvalue weighted by Gasteiger charge is 2.65. The van der Waals surface area contributed by atoms with Crippen LogP contribution in [0.2, 0.25) is 0 Å². The Hall–Kier alpha value is -4.69. The number of rotatable bonds is 9. The maximum atomic E-state index is 12.6. The highest BCUT2D eigenvalue weighted by molar-refractivity contribution is 6.04. The maximum Gasteiger partial charge on any atom is 0.349 e. The first-order valence-electron chi connectivity index (χ1n) is 13.5. The first-order valence-corrected chi connectivity index (χ1v) is 13.5. The van der Waals surface area contributed by atoms with Crippen LogP contribution in [0.5, 0.6) is 0 Å². The standard InChI is InChI=1S/C28H32N8O6/c1-15-14-42-25-23(28(15,2)41)24(25)36-10-9-20(35-27(36)40)34-22(38)8-7-21(37)32-12-16-11-31-19(13-30-16)26(39)33-18-6-4-3-5-17(18)29/h3-6,9-11,13,15,23-25,41H,7-8,12,14,29H2,1-2H3,(H,32,37)(H,33,39)(H,34,35,38,40). The molecule has 3 amide bonds. The molecule has 5 atom stereocenters. The van der Waals surface area contributed by atoms with E-state index in [0.717, 1.165) is 0 Å². The SMILES string of the molecule is CC1COC2C(n3ccc(NC(=O)CCC(=O)NCc4cnc(C(=O)Nc5ccccc5N)cn4)nc3=O)C2C1(C)O. The van der Waals surface area contributed by atoms with Gasteiger partial charge in [-0.2, -0.15) is 4.98 Å². The van der Waals surface area contributed by atoms with Crippen LogP contribution in [-0.4, -0.2) is 60.7 Å². The van der Waals surface area contributed by atoms with Crippen molar-refractivity contribution < 1.29 is 24.2 Å². The molecule has 1 saturated carbocycles. The monoisotopic (exact) mass is 576 g/mol. The molecule has 14 heteroatoms. The number of hydrogen-bond donors (Lipinski definition) is 5. The molecule has 0 spiro atoms. The van der Waals surface area contributed by atoms with Gasteiger partial charge >= 0.3 is 5.69 Å². The summed E-state index contributed by atoms with van der Waals surface area (Å²) < 4.78 is 7.20. The van der Waals surface area contributed by atoms with Gasteiger partial charge in [-0.3, -0.25) is 23.9 Å². The van der Waals surface area contributed by atoms with Crippen LogP contribution in [0.3, 0.4) is 0 Å². The molecule has 220 valence electrons. The number of aromatic nitrogens is 4. The lowest BCUT2D eigenvalue weighted by Crippen LogP contribution is -2.43. The van der Waals surface area contributed by atoms with E-state index in [1.807, 2.05) is 6.92 Å². The predicted octanol–water partition coefficient (Wildman–Crippen LogP) is 0.860. The molecule has 3 aromatic rings. The highest BCUT2D eigenvalue weighted by Crippen LogP contribution is 2.57. The Labute approximate surface area is 240 Å². The Morgan fingerprint density at radius 3 is 2.60 bits per heavy atom. The van der Waals surface area contributed by atoms with Gasteiger partial charge in [0.15, 0.2) is 0 Å². The number of nitrogen functional groups attached to an aromatic ring is 1. The largest absolute Gasteiger partial charge is 0.397 e. The molecule has 0 radical (unpaired) electrons. The van der Waals surface area contributed by atoms with E-state index in [-0.39, 0.29) is 54.9 Å². The van der Waals surface area contributed by atoms with E-state index in [2.05, 4.69) is 30.9 Å². The summed E-state index contributed by atoms with van der Waals surface area (Å²) in [6, 6.07) is 8.01. The summed E-state index contributed by atoms with van der Waals surface area (Å²) in [5, 5.41) is 18.6. The van der Waals surface area contributed by atoms with Gasteiger partial charge in [-0.15, -0.1) is 0 Å². The van der Waals surface area contributed by atoms with E-state index in [4.69, 9.17) is 10.5 Å². The molecular weight excluding hydrogens is 544 g/mol. The number of carbonyl (C=O) groups excluding carboxylic acids is 3. The van der Waals surface area contributed by atoms with Crippen LogP contribution >= 0.6 is 0 Å². The van der Waals surface area contributed by atoms with Crippen LogP contribution in [0.1, 0.15) is 48.9 Å². The van der Waals surface area contributed by atoms with E-state index < -0.39 is 29.0 Å². The summed E-state index contributed by atoms with van der Waals surface area (Å²) in [6.45, 7) is 4.14. The first kappa shape index (κ1) is 28.8. The minimum atomic E-state index is -0.953. The normalized spacial score (nSPS) is 24.3. The Balaban J connectivity index is 1.05. The Morgan fingerprint density at radius 1 is 1.12 bits per heavy atom. The average Bonchev–Trinajstić information content (AvgIpc) is 3.70. The van der Waals surface area contributed by atoms with Crippen molar-refractivity contribution in [1.29, 1.82) is 0 Å². The summed E-state index contributed by atoms with van der Waals surface area (Å²) in [5.74, 6) is -1.55. The van der Waals surface area contributed by atoms with Crippen molar-refractivity contribution in [3.8, 4) is 0 Å². The zero-order valence-corrected chi connectivity index (χ0v) is 23.1. The molecule has 6 N–H and O–H groups in total. The van der Waals surface area contributed by atoms with Gasteiger partial charge < -0.3 is 31.5 Å². The minimum Gasteiger partial charge on any atom is -0.397 e. The summed E-state index contributed by atoms with van der Waals surface area (Å²) in [5.41, 5.74) is 5.69. The smallest absolute Gasteiger partial charge is 0.349 e. The molecule has 2 fully saturated rings. The summed E-state index contributed by atoms with van der Waals surface area (Å²) in [7, 11) is 0. The van der Waals surface area contributed by atoms with Gasteiger partial charge in [-0.05, 0) is 25.1 Å². The number of hydrogen-bond acceptors (Lipinski definition) is 10. The van der Waals surface area contributed by atoms with Gasteiger partial charge in [0.25, 0.3) is 5.91 Å². The third-order valence-corrected chi connectivity index (χ3v) is 7.74. The molecule has 1 aliphatic heterocycles. The number of nitrogens with two attached hydrogens (primary N) is 1. The fourth-order valence-corrected chi connectivity index (χ4v) is 5.01. The third-order valence-electron chi connectivity index (χ3n) is 7.74. The summed E-state index contributed by atoms with van der Waals surface area (Å²) in [4.78, 5) is 61.8. The molecule has 2 aromatic heterocycles. The van der Waals surface area contributed by atoms with Crippen molar-refractivity contribution in [2.24, 2.45) is 11.8 Å². The maximum absolute atomic E-state index is 12.6.